The Bertz CT molecular complexity index is 2960. The van der Waals surface area contributed by atoms with Crippen LogP contribution >= 0.6 is 0 Å². The minimum atomic E-state index is -0.578. The lowest BCUT2D eigenvalue weighted by atomic mass is 9.86. The smallest absolute Gasteiger partial charge is 0.276 e. The first-order chi connectivity index (χ1) is 32.5. The van der Waals surface area contributed by atoms with Crippen LogP contribution < -0.4 is 36.6 Å². The Morgan fingerprint density at radius 1 is 0.971 bits per heavy atom. The topological polar surface area (TPSA) is 187 Å². The molecule has 0 bridgehead atoms. The Hall–Kier alpha value is -6.78. The van der Waals surface area contributed by atoms with Crippen LogP contribution in [0.5, 0.6) is 0 Å². The highest BCUT2D eigenvalue weighted by molar-refractivity contribution is 6.07. The van der Waals surface area contributed by atoms with Gasteiger partial charge in [0, 0.05) is 117 Å². The summed E-state index contributed by atoms with van der Waals surface area (Å²) < 4.78 is 3.63. The summed E-state index contributed by atoms with van der Waals surface area (Å²) in [5.74, 6) is 0.101. The molecule has 16 heteroatoms. The fourth-order valence-electron chi connectivity index (χ4n) is 11.4. The number of nitrogens with zero attached hydrogens (tertiary/aromatic N) is 8. The average molecular weight is 920 g/mol. The zero-order valence-corrected chi connectivity index (χ0v) is 39.8. The molecule has 3 amide bonds. The number of aliphatic hydroxyl groups excluding tert-OH is 1. The summed E-state index contributed by atoms with van der Waals surface area (Å²) in [6.45, 7) is 15.7. The third-order valence-electron chi connectivity index (χ3n) is 15.0. The molecule has 8 heterocycles. The van der Waals surface area contributed by atoms with E-state index in [4.69, 9.17) is 10.7 Å². The maximum atomic E-state index is 14.1. The Morgan fingerprint density at radius 3 is 2.51 bits per heavy atom. The number of hydrogen-bond acceptors (Lipinski definition) is 11. The van der Waals surface area contributed by atoms with E-state index in [0.29, 0.717) is 53.2 Å². The first-order valence-electron chi connectivity index (χ1n) is 23.8. The van der Waals surface area contributed by atoms with Crippen molar-refractivity contribution in [3.63, 3.8) is 0 Å². The monoisotopic (exact) mass is 919 g/mol. The highest BCUT2D eigenvalue weighted by Crippen LogP contribution is 2.42. The standard InChI is InChI=1S/C52H61N11O5/c1-31-28-60(35-12-15-59(16-13-35)36-8-9-39-40(24-36)57-50(68)52(39,4)5)17-18-61(31)44-27-55-46(23-32(44)7-10-45(53)65)56-41-21-34(29-58(6)48(41)66)37-11-14-54-47(38(37)30-64)63-20-19-62-42(49(63)67)22-33-25-51(2,3)26-43(33)62/h7-11,14,21-24,27,29,31,35,64H,12-13,15-20,25-26,28,30H2,1-6H3,(H2,53,65)(H,55,56)(H,57,68)/t31-/m0/s1. The van der Waals surface area contributed by atoms with Gasteiger partial charge in [-0.25, -0.2) is 9.97 Å². The van der Waals surface area contributed by atoms with E-state index in [2.05, 4.69) is 73.9 Å². The second kappa shape index (κ2) is 17.1. The minimum absolute atomic E-state index is 0.0385. The molecule has 1 atom stereocenters. The second-order valence-corrected chi connectivity index (χ2v) is 20.6. The number of hydrogen-bond donors (Lipinski definition) is 4. The van der Waals surface area contributed by atoms with Gasteiger partial charge in [0.25, 0.3) is 11.5 Å². The van der Waals surface area contributed by atoms with E-state index in [1.807, 2.05) is 26.0 Å². The summed E-state index contributed by atoms with van der Waals surface area (Å²) in [5, 5.41) is 17.2. The molecular weight excluding hydrogens is 859 g/mol. The van der Waals surface area contributed by atoms with Crippen molar-refractivity contribution < 1.29 is 19.5 Å². The van der Waals surface area contributed by atoms with Crippen molar-refractivity contribution >= 4 is 58.2 Å². The van der Waals surface area contributed by atoms with Gasteiger partial charge in [0.05, 0.1) is 23.9 Å². The summed E-state index contributed by atoms with van der Waals surface area (Å²) in [6.07, 6.45) is 12.1. The molecule has 2 saturated heterocycles. The molecule has 1 aliphatic carbocycles. The SMILES string of the molecule is C[C@H]1CN(C2CCN(c3ccc4c(c3)NC(=O)C4(C)C)CC2)CCN1c1cnc(Nc2cc(-c3ccnc(N4CCn5c(cc6c5CC(C)(C)C6)C4=O)c3CO)cn(C)c2=O)cc1C=CC(N)=O. The molecule has 5 aromatic rings. The number of piperazine rings is 1. The number of rotatable bonds is 10. The Balaban J connectivity index is 0.847. The first kappa shape index (κ1) is 45.0. The van der Waals surface area contributed by atoms with Crippen LogP contribution in [0.2, 0.25) is 0 Å². The van der Waals surface area contributed by atoms with E-state index < -0.39 is 11.3 Å². The Kier molecular flexibility index (Phi) is 11.3. The van der Waals surface area contributed by atoms with Crippen molar-refractivity contribution in [1.29, 1.82) is 0 Å². The van der Waals surface area contributed by atoms with Gasteiger partial charge >= 0.3 is 0 Å². The number of benzene rings is 1. The van der Waals surface area contributed by atoms with Gasteiger partial charge in [0.2, 0.25) is 11.8 Å². The number of aryl methyl sites for hydroxylation is 1. The van der Waals surface area contributed by atoms with Gasteiger partial charge in [-0.2, -0.15) is 0 Å². The van der Waals surface area contributed by atoms with E-state index in [9.17, 15) is 24.3 Å². The molecule has 68 heavy (non-hydrogen) atoms. The van der Waals surface area contributed by atoms with Crippen molar-refractivity contribution in [1.82, 2.24) is 24.0 Å². The molecule has 5 N–H and O–H groups in total. The molecule has 16 nitrogen and oxygen atoms in total. The molecule has 1 aromatic carbocycles. The lowest BCUT2D eigenvalue weighted by molar-refractivity contribution is -0.119. The highest BCUT2D eigenvalue weighted by Gasteiger charge is 2.40. The largest absolute Gasteiger partial charge is 0.392 e. The summed E-state index contributed by atoms with van der Waals surface area (Å²) in [4.78, 5) is 70.8. The molecular formula is C52H61N11O5. The fraction of sp³-hybridized carbons (Fsp3) is 0.423. The number of aromatic nitrogens is 4. The van der Waals surface area contributed by atoms with E-state index in [1.165, 1.54) is 21.9 Å². The average Bonchev–Trinajstić information content (AvgIpc) is 3.89. The quantitative estimate of drug-likeness (QED) is 0.128. The highest BCUT2D eigenvalue weighted by atomic mass is 16.3. The van der Waals surface area contributed by atoms with Crippen molar-refractivity contribution in [2.75, 3.05) is 64.6 Å². The lowest BCUT2D eigenvalue weighted by Gasteiger charge is -2.47. The number of primary amides is 1. The van der Waals surface area contributed by atoms with E-state index >= 15 is 0 Å². The molecule has 354 valence electrons. The molecule has 0 saturated carbocycles. The van der Waals surface area contributed by atoms with Gasteiger partial charge in [-0.15, -0.1) is 0 Å². The van der Waals surface area contributed by atoms with Crippen LogP contribution in [-0.2, 0) is 48.0 Å². The number of carbonyl (C=O) groups is 3. The number of pyridine rings is 3. The van der Waals surface area contributed by atoms with Crippen molar-refractivity contribution in [3.8, 4) is 11.1 Å². The van der Waals surface area contributed by atoms with E-state index in [0.717, 1.165) is 86.6 Å². The van der Waals surface area contributed by atoms with Crippen LogP contribution in [0.1, 0.15) is 85.9 Å². The molecule has 4 aliphatic heterocycles. The van der Waals surface area contributed by atoms with E-state index in [1.54, 1.807) is 48.7 Å². The van der Waals surface area contributed by atoms with Gasteiger partial charge in [0.15, 0.2) is 0 Å². The van der Waals surface area contributed by atoms with E-state index in [-0.39, 0.29) is 41.1 Å². The third-order valence-corrected chi connectivity index (χ3v) is 15.0. The van der Waals surface area contributed by atoms with Crippen LogP contribution in [-0.4, -0.2) is 98.2 Å². The molecule has 2 fully saturated rings. The van der Waals surface area contributed by atoms with Gasteiger partial charge in [0.1, 0.15) is 23.0 Å². The molecule has 5 aliphatic rings. The van der Waals surface area contributed by atoms with Crippen molar-refractivity contribution in [3.05, 3.63) is 111 Å². The number of nitrogens with two attached hydrogens (primary N) is 1. The number of piperidine rings is 1. The minimum Gasteiger partial charge on any atom is -0.392 e. The second-order valence-electron chi connectivity index (χ2n) is 20.6. The zero-order chi connectivity index (χ0) is 47.8. The third kappa shape index (κ3) is 8.02. The van der Waals surface area contributed by atoms with Crippen LogP contribution in [0.3, 0.4) is 0 Å². The maximum absolute atomic E-state index is 14.1. The van der Waals surface area contributed by atoms with Gasteiger partial charge in [-0.05, 0) is 111 Å². The molecule has 4 aromatic heterocycles. The number of anilines is 6. The fourth-order valence-corrected chi connectivity index (χ4v) is 11.4. The number of carbonyl (C=O) groups excluding carboxylic acids is 3. The summed E-state index contributed by atoms with van der Waals surface area (Å²) in [7, 11) is 1.67. The Morgan fingerprint density at radius 2 is 1.76 bits per heavy atom. The van der Waals surface area contributed by atoms with Crippen LogP contribution in [0, 0.1) is 5.41 Å². The van der Waals surface area contributed by atoms with Gasteiger partial charge in [-0.1, -0.05) is 19.9 Å². The van der Waals surface area contributed by atoms with Crippen LogP contribution in [0.25, 0.3) is 17.2 Å². The molecule has 0 radical (unpaired) electrons. The predicted molar refractivity (Wildman–Crippen MR) is 266 cm³/mol. The van der Waals surface area contributed by atoms with Crippen molar-refractivity contribution in [2.45, 2.75) is 91.0 Å². The van der Waals surface area contributed by atoms with Gasteiger partial charge < -0.3 is 40.4 Å². The zero-order valence-electron chi connectivity index (χ0n) is 39.8. The maximum Gasteiger partial charge on any atom is 0.276 e. The predicted octanol–water partition coefficient (Wildman–Crippen LogP) is 5.57. The number of amides is 3. The van der Waals surface area contributed by atoms with Gasteiger partial charge in [-0.3, -0.25) is 29.0 Å². The number of aliphatic hydroxyl groups is 1. The lowest BCUT2D eigenvalue weighted by Crippen LogP contribution is -2.57. The Labute approximate surface area is 396 Å². The summed E-state index contributed by atoms with van der Waals surface area (Å²) >= 11 is 0. The molecule has 0 spiro atoms. The molecule has 10 rings (SSSR count). The van der Waals surface area contributed by atoms with Crippen molar-refractivity contribution in [2.24, 2.45) is 18.2 Å². The summed E-state index contributed by atoms with van der Waals surface area (Å²) in [6, 6.07) is 14.3. The molecule has 0 unspecified atom stereocenters. The van der Waals surface area contributed by atoms with Crippen LogP contribution in [0.15, 0.2) is 71.9 Å². The normalized spacial score (nSPS) is 20.2. The first-order valence-corrected chi connectivity index (χ1v) is 23.8. The summed E-state index contributed by atoms with van der Waals surface area (Å²) in [5.41, 5.74) is 14.8. The number of nitrogens with one attached hydrogen (secondary N) is 2. The van der Waals surface area contributed by atoms with Crippen LogP contribution in [0.4, 0.5) is 34.4 Å². The number of fused-ring (bicyclic) bond motifs is 4.